The van der Waals surface area contributed by atoms with Crippen LogP contribution in [0, 0.1) is 5.41 Å². The summed E-state index contributed by atoms with van der Waals surface area (Å²) in [6, 6.07) is 5.53. The van der Waals surface area contributed by atoms with Crippen molar-refractivity contribution >= 4 is 10.0 Å². The number of aryl methyl sites for hydroxylation is 2. The second-order valence-electron chi connectivity index (χ2n) is 6.15. The Balaban J connectivity index is 1.72. The van der Waals surface area contributed by atoms with E-state index < -0.39 is 10.0 Å². The van der Waals surface area contributed by atoms with Crippen molar-refractivity contribution in [2.45, 2.75) is 43.4 Å². The summed E-state index contributed by atoms with van der Waals surface area (Å²) >= 11 is 0. The normalized spacial score (nSPS) is 19.9. The minimum atomic E-state index is -3.38. The van der Waals surface area contributed by atoms with E-state index in [1.807, 2.05) is 12.1 Å². The maximum absolute atomic E-state index is 12.4. The van der Waals surface area contributed by atoms with Crippen molar-refractivity contribution in [3.63, 3.8) is 0 Å². The lowest BCUT2D eigenvalue weighted by molar-refractivity contribution is 0.461. The summed E-state index contributed by atoms with van der Waals surface area (Å²) in [4.78, 5) is 0.404. The first-order chi connectivity index (χ1) is 9.55. The van der Waals surface area contributed by atoms with Gasteiger partial charge in [0.2, 0.25) is 10.0 Å². The molecule has 0 aromatic heterocycles. The highest BCUT2D eigenvalue weighted by molar-refractivity contribution is 7.89. The number of hydrogen-bond donors (Lipinski definition) is 2. The fourth-order valence-corrected chi connectivity index (χ4v) is 4.25. The van der Waals surface area contributed by atoms with Gasteiger partial charge in [-0.25, -0.2) is 13.1 Å². The van der Waals surface area contributed by atoms with Crippen LogP contribution in [0.3, 0.4) is 0 Å². The highest BCUT2D eigenvalue weighted by Crippen LogP contribution is 2.47. The molecule has 20 heavy (non-hydrogen) atoms. The third-order valence-electron chi connectivity index (χ3n) is 4.65. The Kier molecular flexibility index (Phi) is 3.60. The van der Waals surface area contributed by atoms with Crippen LogP contribution in [0.4, 0.5) is 0 Å². The lowest BCUT2D eigenvalue weighted by Gasteiger charge is -2.15. The van der Waals surface area contributed by atoms with Crippen LogP contribution in [0.15, 0.2) is 23.1 Å². The maximum atomic E-state index is 12.4. The Morgan fingerprint density at radius 1 is 1.20 bits per heavy atom. The number of sulfonamides is 1. The zero-order chi connectivity index (χ0) is 14.2. The number of fused-ring (bicyclic) bond motifs is 1. The molecule has 2 aliphatic carbocycles. The zero-order valence-electron chi connectivity index (χ0n) is 11.7. The second kappa shape index (κ2) is 5.13. The molecule has 0 saturated heterocycles. The van der Waals surface area contributed by atoms with Crippen LogP contribution in [0.2, 0.25) is 0 Å². The van der Waals surface area contributed by atoms with Crippen LogP contribution in [0.25, 0.3) is 0 Å². The van der Waals surface area contributed by atoms with Gasteiger partial charge in [0.25, 0.3) is 0 Å². The smallest absolute Gasteiger partial charge is 0.240 e. The minimum absolute atomic E-state index is 0.124. The lowest BCUT2D eigenvalue weighted by Crippen LogP contribution is -2.31. The van der Waals surface area contributed by atoms with E-state index in [0.717, 1.165) is 38.5 Å². The third-order valence-corrected chi connectivity index (χ3v) is 6.05. The molecule has 2 aliphatic rings. The Bertz CT molecular complexity index is 606. The van der Waals surface area contributed by atoms with Gasteiger partial charge in [-0.3, -0.25) is 0 Å². The van der Waals surface area contributed by atoms with Gasteiger partial charge in [0, 0.05) is 6.54 Å². The van der Waals surface area contributed by atoms with Gasteiger partial charge in [-0.05, 0) is 73.7 Å². The standard InChI is InChI=1S/C15H22N2O2S/c16-9-8-15(6-7-15)11-17-20(18,19)14-5-4-12-2-1-3-13(12)10-14/h4-5,10,17H,1-3,6-9,11,16H2. The first-order valence-corrected chi connectivity index (χ1v) is 8.85. The SMILES string of the molecule is NCCC1(CNS(=O)(=O)c2ccc3c(c2)CCC3)CC1. The van der Waals surface area contributed by atoms with Gasteiger partial charge in [-0.15, -0.1) is 0 Å². The van der Waals surface area contributed by atoms with Gasteiger partial charge in [-0.2, -0.15) is 0 Å². The molecule has 0 atom stereocenters. The van der Waals surface area contributed by atoms with E-state index in [2.05, 4.69) is 4.72 Å². The fourth-order valence-electron chi connectivity index (χ4n) is 3.04. The number of nitrogens with one attached hydrogen (secondary N) is 1. The highest BCUT2D eigenvalue weighted by atomic mass is 32.2. The molecule has 3 rings (SSSR count). The summed E-state index contributed by atoms with van der Waals surface area (Å²) in [5.41, 5.74) is 8.20. The molecule has 1 aromatic carbocycles. The van der Waals surface area contributed by atoms with Crippen LogP contribution in [-0.2, 0) is 22.9 Å². The quantitative estimate of drug-likeness (QED) is 0.837. The van der Waals surface area contributed by atoms with Gasteiger partial charge in [0.1, 0.15) is 0 Å². The van der Waals surface area contributed by atoms with Crippen LogP contribution in [0.1, 0.15) is 36.8 Å². The van der Waals surface area contributed by atoms with Gasteiger partial charge in [0.05, 0.1) is 4.90 Å². The van der Waals surface area contributed by atoms with Crippen LogP contribution < -0.4 is 10.5 Å². The Morgan fingerprint density at radius 3 is 2.65 bits per heavy atom. The van der Waals surface area contributed by atoms with Crippen LogP contribution in [-0.4, -0.2) is 21.5 Å². The molecular weight excluding hydrogens is 272 g/mol. The topological polar surface area (TPSA) is 72.2 Å². The molecule has 110 valence electrons. The monoisotopic (exact) mass is 294 g/mol. The molecule has 4 nitrogen and oxygen atoms in total. The van der Waals surface area contributed by atoms with Gasteiger partial charge in [-0.1, -0.05) is 6.07 Å². The number of nitrogens with two attached hydrogens (primary N) is 1. The van der Waals surface area contributed by atoms with Crippen molar-refractivity contribution in [3.8, 4) is 0 Å². The Morgan fingerprint density at radius 2 is 1.95 bits per heavy atom. The average Bonchev–Trinajstić information content (AvgIpc) is 3.03. The van der Waals surface area contributed by atoms with Crippen molar-refractivity contribution < 1.29 is 8.42 Å². The van der Waals surface area contributed by atoms with E-state index in [-0.39, 0.29) is 5.41 Å². The number of rotatable bonds is 6. The van der Waals surface area contributed by atoms with E-state index >= 15 is 0 Å². The molecule has 0 bridgehead atoms. The first-order valence-electron chi connectivity index (χ1n) is 7.36. The largest absolute Gasteiger partial charge is 0.330 e. The molecule has 1 fully saturated rings. The summed E-state index contributed by atoms with van der Waals surface area (Å²) in [6.45, 7) is 1.14. The Labute approximate surface area is 120 Å². The molecule has 0 aliphatic heterocycles. The highest BCUT2D eigenvalue weighted by Gasteiger charge is 2.42. The summed E-state index contributed by atoms with van der Waals surface area (Å²) in [5, 5.41) is 0. The first kappa shape index (κ1) is 14.0. The minimum Gasteiger partial charge on any atom is -0.330 e. The maximum Gasteiger partial charge on any atom is 0.240 e. The van der Waals surface area contributed by atoms with Gasteiger partial charge >= 0.3 is 0 Å². The number of hydrogen-bond acceptors (Lipinski definition) is 3. The average molecular weight is 294 g/mol. The van der Waals surface area contributed by atoms with Crippen molar-refractivity contribution in [2.75, 3.05) is 13.1 Å². The zero-order valence-corrected chi connectivity index (χ0v) is 12.5. The fraction of sp³-hybridized carbons (Fsp3) is 0.600. The second-order valence-corrected chi connectivity index (χ2v) is 7.91. The molecule has 0 spiro atoms. The number of benzene rings is 1. The van der Waals surface area contributed by atoms with E-state index in [9.17, 15) is 8.42 Å². The van der Waals surface area contributed by atoms with Crippen LogP contribution in [0.5, 0.6) is 0 Å². The molecule has 0 unspecified atom stereocenters. The molecule has 5 heteroatoms. The van der Waals surface area contributed by atoms with Crippen molar-refractivity contribution in [1.29, 1.82) is 0 Å². The Hall–Kier alpha value is -0.910. The van der Waals surface area contributed by atoms with Gasteiger partial charge in [0.15, 0.2) is 0 Å². The molecular formula is C15H22N2O2S. The van der Waals surface area contributed by atoms with E-state index in [1.165, 1.54) is 11.1 Å². The van der Waals surface area contributed by atoms with Crippen LogP contribution >= 0.6 is 0 Å². The molecule has 0 amide bonds. The lowest BCUT2D eigenvalue weighted by atomic mass is 10.0. The van der Waals surface area contributed by atoms with Crippen molar-refractivity contribution in [3.05, 3.63) is 29.3 Å². The van der Waals surface area contributed by atoms with Crippen molar-refractivity contribution in [2.24, 2.45) is 11.1 Å². The third kappa shape index (κ3) is 2.75. The van der Waals surface area contributed by atoms with Gasteiger partial charge < -0.3 is 5.73 Å². The molecule has 1 saturated carbocycles. The van der Waals surface area contributed by atoms with E-state index in [1.54, 1.807) is 6.07 Å². The van der Waals surface area contributed by atoms with E-state index in [0.29, 0.717) is 18.0 Å². The summed E-state index contributed by atoms with van der Waals surface area (Å²) in [7, 11) is -3.38. The summed E-state index contributed by atoms with van der Waals surface area (Å²) in [6.07, 6.45) is 6.26. The molecule has 1 aromatic rings. The molecule has 3 N–H and O–H groups in total. The predicted octanol–water partition coefficient (Wildman–Crippen LogP) is 1.58. The predicted molar refractivity (Wildman–Crippen MR) is 79.0 cm³/mol. The summed E-state index contributed by atoms with van der Waals surface area (Å²) < 4.78 is 27.5. The van der Waals surface area contributed by atoms with Crippen molar-refractivity contribution in [1.82, 2.24) is 4.72 Å². The summed E-state index contributed by atoms with van der Waals surface area (Å²) in [5.74, 6) is 0. The van der Waals surface area contributed by atoms with E-state index in [4.69, 9.17) is 5.73 Å². The molecule has 0 radical (unpaired) electrons. The molecule has 0 heterocycles.